The van der Waals surface area contributed by atoms with Crippen molar-refractivity contribution in [2.24, 2.45) is 5.10 Å². The molecule has 196 valence electrons. The van der Waals surface area contributed by atoms with Crippen LogP contribution in [0.3, 0.4) is 0 Å². The van der Waals surface area contributed by atoms with Crippen molar-refractivity contribution < 1.29 is 23.5 Å². The minimum Gasteiger partial charge on any atom is -0.494 e. The van der Waals surface area contributed by atoms with E-state index in [-0.39, 0.29) is 17.2 Å². The van der Waals surface area contributed by atoms with Crippen LogP contribution in [0.4, 0.5) is 0 Å². The van der Waals surface area contributed by atoms with Gasteiger partial charge in [-0.15, -0.1) is 0 Å². The van der Waals surface area contributed by atoms with Gasteiger partial charge in [0.05, 0.1) is 19.1 Å². The van der Waals surface area contributed by atoms with Crippen LogP contribution in [0.5, 0.6) is 11.5 Å². The summed E-state index contributed by atoms with van der Waals surface area (Å²) in [5, 5.41) is 5.40. The van der Waals surface area contributed by atoms with Crippen molar-refractivity contribution in [1.82, 2.24) is 10.4 Å². The van der Waals surface area contributed by atoms with Crippen molar-refractivity contribution >= 4 is 56.5 Å². The Balaban J connectivity index is 1.45. The molecule has 0 saturated carbocycles. The summed E-state index contributed by atoms with van der Waals surface area (Å²) in [7, 11) is 0. The Hall–Kier alpha value is -4.34. The van der Waals surface area contributed by atoms with Gasteiger partial charge in [-0.25, -0.2) is 10.2 Å². The minimum absolute atomic E-state index is 0.0625. The highest BCUT2D eigenvalue weighted by Crippen LogP contribution is 2.38. The monoisotopic (exact) mass is 605 g/mol. The maximum atomic E-state index is 13.4. The first kappa shape index (κ1) is 26.3. The Bertz CT molecular complexity index is 1690. The van der Waals surface area contributed by atoms with Crippen molar-refractivity contribution in [3.8, 4) is 22.6 Å². The summed E-state index contributed by atoms with van der Waals surface area (Å²) < 4.78 is 17.0. The third kappa shape index (κ3) is 5.74. The van der Waals surface area contributed by atoms with Gasteiger partial charge in [-0.05, 0) is 61.5 Å². The molecule has 2 heterocycles. The van der Waals surface area contributed by atoms with Crippen molar-refractivity contribution in [3.63, 3.8) is 0 Å². The molecule has 0 aliphatic rings. The number of carbonyl (C=O) groups excluding carboxylic acids is 2. The summed E-state index contributed by atoms with van der Waals surface area (Å²) in [5.41, 5.74) is 5.34. The second kappa shape index (κ2) is 11.6. The highest BCUT2D eigenvalue weighted by atomic mass is 79.9. The number of hydrogen-bond acceptors (Lipinski definition) is 6. The first-order valence-electron chi connectivity index (χ1n) is 11.9. The Morgan fingerprint density at radius 3 is 2.72 bits per heavy atom. The van der Waals surface area contributed by atoms with E-state index in [0.717, 1.165) is 15.4 Å². The molecular weight excluding hydrogens is 586 g/mol. The zero-order chi connectivity index (χ0) is 27.4. The molecule has 0 aliphatic carbocycles. The number of benzene rings is 3. The van der Waals surface area contributed by atoms with Gasteiger partial charge in [0, 0.05) is 37.1 Å². The molecular formula is C29H21BrClN3O5. The third-order valence-electron chi connectivity index (χ3n) is 5.72. The van der Waals surface area contributed by atoms with Gasteiger partial charge in [-0.1, -0.05) is 45.7 Å². The number of halogens is 2. The Kier molecular flexibility index (Phi) is 7.81. The van der Waals surface area contributed by atoms with E-state index in [1.54, 1.807) is 30.3 Å². The maximum Gasteiger partial charge on any atom is 0.379 e. The minimum atomic E-state index is -0.658. The molecule has 0 spiro atoms. The van der Waals surface area contributed by atoms with Crippen molar-refractivity contribution in [2.75, 3.05) is 6.61 Å². The number of furan rings is 1. The SMILES string of the molecule is CCOc1ccc2[nH]c(C(=O)NN=Cc3cc(Br)ccc3OC(=O)c3ccco3)c(-c3ccccc3Cl)c2c1. The van der Waals surface area contributed by atoms with Crippen LogP contribution in [-0.2, 0) is 0 Å². The zero-order valence-corrected chi connectivity index (χ0v) is 22.9. The number of nitrogens with zero attached hydrogens (tertiary/aromatic N) is 1. The van der Waals surface area contributed by atoms with Crippen LogP contribution in [-0.4, -0.2) is 29.7 Å². The topological polar surface area (TPSA) is 106 Å². The van der Waals surface area contributed by atoms with Gasteiger partial charge in [0.2, 0.25) is 5.76 Å². The molecule has 0 unspecified atom stereocenters. The Labute approximate surface area is 236 Å². The number of aromatic nitrogens is 1. The number of hydrazone groups is 1. The first-order chi connectivity index (χ1) is 18.9. The van der Waals surface area contributed by atoms with Gasteiger partial charge >= 0.3 is 5.97 Å². The first-order valence-corrected chi connectivity index (χ1v) is 13.0. The number of aromatic amines is 1. The molecule has 0 atom stereocenters. The summed E-state index contributed by atoms with van der Waals surface area (Å²) in [6, 6.07) is 21.0. The van der Waals surface area contributed by atoms with Crippen molar-refractivity contribution in [3.05, 3.63) is 106 Å². The largest absolute Gasteiger partial charge is 0.494 e. The number of rotatable bonds is 8. The third-order valence-corrected chi connectivity index (χ3v) is 6.54. The van der Waals surface area contributed by atoms with E-state index in [1.807, 2.05) is 43.3 Å². The second-order valence-corrected chi connectivity index (χ2v) is 9.57. The smallest absolute Gasteiger partial charge is 0.379 e. The number of hydrogen-bond donors (Lipinski definition) is 2. The molecule has 3 aromatic carbocycles. The number of amides is 1. The molecule has 0 fully saturated rings. The molecule has 0 radical (unpaired) electrons. The highest BCUT2D eigenvalue weighted by Gasteiger charge is 2.21. The number of H-pyrrole nitrogens is 1. The van der Waals surface area contributed by atoms with Gasteiger partial charge in [0.25, 0.3) is 5.91 Å². The quantitative estimate of drug-likeness (QED) is 0.0839. The van der Waals surface area contributed by atoms with Gasteiger partial charge < -0.3 is 18.9 Å². The molecule has 8 nitrogen and oxygen atoms in total. The summed E-state index contributed by atoms with van der Waals surface area (Å²) in [4.78, 5) is 28.9. The van der Waals surface area contributed by atoms with Gasteiger partial charge in [-0.3, -0.25) is 4.79 Å². The summed E-state index contributed by atoms with van der Waals surface area (Å²) in [6.45, 7) is 2.41. The van der Waals surface area contributed by atoms with E-state index in [9.17, 15) is 9.59 Å². The zero-order valence-electron chi connectivity index (χ0n) is 20.5. The van der Waals surface area contributed by atoms with Crippen LogP contribution in [0.25, 0.3) is 22.0 Å². The second-order valence-electron chi connectivity index (χ2n) is 8.24. The van der Waals surface area contributed by atoms with E-state index in [1.165, 1.54) is 18.5 Å². The van der Waals surface area contributed by atoms with Crippen LogP contribution in [0.15, 0.2) is 93.1 Å². The number of carbonyl (C=O) groups is 2. The van der Waals surface area contributed by atoms with Gasteiger partial charge in [0.15, 0.2) is 0 Å². The number of esters is 1. The van der Waals surface area contributed by atoms with Crippen LogP contribution in [0.1, 0.15) is 33.5 Å². The molecule has 0 bridgehead atoms. The van der Waals surface area contributed by atoms with Crippen LogP contribution in [0, 0.1) is 0 Å². The molecule has 1 amide bonds. The Morgan fingerprint density at radius 2 is 1.95 bits per heavy atom. The molecule has 0 aliphatic heterocycles. The standard InChI is InChI=1S/C29H21BrClN3O5/c1-2-37-19-10-11-23-21(15-19)26(20-6-3-4-7-22(20)31)27(33-23)28(35)34-32-16-17-14-18(30)9-12-24(17)39-29(36)25-8-5-13-38-25/h3-16,33H,2H2,1H3,(H,34,35). The fourth-order valence-corrected chi connectivity index (χ4v) is 4.62. The lowest BCUT2D eigenvalue weighted by Crippen LogP contribution is -2.19. The predicted molar refractivity (Wildman–Crippen MR) is 153 cm³/mol. The molecule has 39 heavy (non-hydrogen) atoms. The predicted octanol–water partition coefficient (Wildman–Crippen LogP) is 7.23. The molecule has 10 heteroatoms. The van der Waals surface area contributed by atoms with Crippen LogP contribution in [0.2, 0.25) is 5.02 Å². The lowest BCUT2D eigenvalue weighted by atomic mass is 10.0. The maximum absolute atomic E-state index is 13.4. The van der Waals surface area contributed by atoms with Gasteiger partial charge in [-0.2, -0.15) is 5.10 Å². The van der Waals surface area contributed by atoms with Crippen molar-refractivity contribution in [2.45, 2.75) is 6.92 Å². The van der Waals surface area contributed by atoms with Crippen molar-refractivity contribution in [1.29, 1.82) is 0 Å². The number of ether oxygens (including phenoxy) is 2. The fraction of sp³-hybridized carbons (Fsp3) is 0.0690. The normalized spacial score (nSPS) is 11.2. The molecule has 5 rings (SSSR count). The lowest BCUT2D eigenvalue weighted by Gasteiger charge is -2.08. The molecule has 0 saturated heterocycles. The average molecular weight is 607 g/mol. The fourth-order valence-electron chi connectivity index (χ4n) is 4.02. The summed E-state index contributed by atoms with van der Waals surface area (Å²) in [5.74, 6) is -0.168. The molecule has 2 aromatic heterocycles. The number of nitrogens with one attached hydrogen (secondary N) is 2. The average Bonchev–Trinajstić information content (AvgIpc) is 3.59. The van der Waals surface area contributed by atoms with E-state index >= 15 is 0 Å². The van der Waals surface area contributed by atoms with Gasteiger partial charge in [0.1, 0.15) is 17.2 Å². The molecule has 2 N–H and O–H groups in total. The van der Waals surface area contributed by atoms with E-state index in [0.29, 0.717) is 34.1 Å². The lowest BCUT2D eigenvalue weighted by molar-refractivity contribution is 0.0700. The Morgan fingerprint density at radius 1 is 1.10 bits per heavy atom. The molecule has 5 aromatic rings. The van der Waals surface area contributed by atoms with E-state index < -0.39 is 11.9 Å². The van der Waals surface area contributed by atoms with Crippen LogP contribution < -0.4 is 14.9 Å². The summed E-state index contributed by atoms with van der Waals surface area (Å²) in [6.07, 6.45) is 2.77. The van der Waals surface area contributed by atoms with E-state index in [4.69, 9.17) is 25.5 Å². The number of fused-ring (bicyclic) bond motifs is 1. The van der Waals surface area contributed by atoms with Crippen LogP contribution >= 0.6 is 27.5 Å². The van der Waals surface area contributed by atoms with E-state index in [2.05, 4.69) is 31.4 Å². The highest BCUT2D eigenvalue weighted by molar-refractivity contribution is 9.10. The summed E-state index contributed by atoms with van der Waals surface area (Å²) >= 11 is 9.93.